The Bertz CT molecular complexity index is 506. The average molecular weight is 255 g/mol. The Morgan fingerprint density at radius 2 is 2.12 bits per heavy atom. The first-order valence-corrected chi connectivity index (χ1v) is 7.15. The highest BCUT2D eigenvalue weighted by atomic mass is 32.2. The van der Waals surface area contributed by atoms with E-state index in [1.807, 2.05) is 13.0 Å². The molecule has 1 aliphatic carbocycles. The summed E-state index contributed by atoms with van der Waals surface area (Å²) in [5.41, 5.74) is 0.901. The minimum Gasteiger partial charge on any atom is -0.495 e. The second kappa shape index (κ2) is 4.66. The van der Waals surface area contributed by atoms with Crippen LogP contribution in [0.25, 0.3) is 0 Å². The van der Waals surface area contributed by atoms with Crippen molar-refractivity contribution in [3.05, 3.63) is 23.8 Å². The van der Waals surface area contributed by atoms with Crippen LogP contribution in [0, 0.1) is 12.8 Å². The molecule has 1 aromatic rings. The number of rotatable bonds is 5. The van der Waals surface area contributed by atoms with E-state index in [9.17, 15) is 8.42 Å². The molecule has 0 heterocycles. The molecule has 1 saturated carbocycles. The lowest BCUT2D eigenvalue weighted by Gasteiger charge is -2.11. The molecule has 1 aliphatic rings. The van der Waals surface area contributed by atoms with Gasteiger partial charge in [0, 0.05) is 6.54 Å². The van der Waals surface area contributed by atoms with Crippen LogP contribution in [-0.2, 0) is 10.0 Å². The molecule has 0 radical (unpaired) electrons. The van der Waals surface area contributed by atoms with E-state index in [1.165, 1.54) is 7.11 Å². The van der Waals surface area contributed by atoms with Crippen LogP contribution < -0.4 is 9.46 Å². The van der Waals surface area contributed by atoms with Crippen LogP contribution in [0.2, 0.25) is 0 Å². The SMILES string of the molecule is COc1ccc(C)cc1S(=O)(=O)NCC1CC1. The van der Waals surface area contributed by atoms with Crippen molar-refractivity contribution in [3.8, 4) is 5.75 Å². The maximum atomic E-state index is 12.1. The second-order valence-corrected chi connectivity index (χ2v) is 6.18. The third-order valence-electron chi connectivity index (χ3n) is 2.87. The Balaban J connectivity index is 2.26. The van der Waals surface area contributed by atoms with E-state index in [-0.39, 0.29) is 4.90 Å². The molecular weight excluding hydrogens is 238 g/mol. The molecule has 1 N–H and O–H groups in total. The fourth-order valence-electron chi connectivity index (χ4n) is 1.62. The van der Waals surface area contributed by atoms with Gasteiger partial charge in [-0.1, -0.05) is 6.07 Å². The van der Waals surface area contributed by atoms with Gasteiger partial charge in [-0.2, -0.15) is 0 Å². The average Bonchev–Trinajstić information content (AvgIpc) is 3.10. The summed E-state index contributed by atoms with van der Waals surface area (Å²) in [6.07, 6.45) is 2.24. The third-order valence-corrected chi connectivity index (χ3v) is 4.31. The van der Waals surface area contributed by atoms with E-state index < -0.39 is 10.0 Å². The molecule has 1 aromatic carbocycles. The third kappa shape index (κ3) is 2.98. The predicted molar refractivity (Wildman–Crippen MR) is 65.6 cm³/mol. The van der Waals surface area contributed by atoms with Crippen LogP contribution in [0.4, 0.5) is 0 Å². The van der Waals surface area contributed by atoms with Gasteiger partial charge in [0.15, 0.2) is 0 Å². The Labute approximate surface area is 102 Å². The van der Waals surface area contributed by atoms with Gasteiger partial charge >= 0.3 is 0 Å². The number of hydrogen-bond acceptors (Lipinski definition) is 3. The molecular formula is C12H17NO3S. The Morgan fingerprint density at radius 1 is 1.41 bits per heavy atom. The zero-order chi connectivity index (χ0) is 12.5. The maximum Gasteiger partial charge on any atom is 0.244 e. The molecule has 4 nitrogen and oxygen atoms in total. The first-order chi connectivity index (χ1) is 8.03. The minimum atomic E-state index is -3.46. The van der Waals surface area contributed by atoms with Crippen LogP contribution in [0.15, 0.2) is 23.1 Å². The number of ether oxygens (including phenoxy) is 1. The van der Waals surface area contributed by atoms with Crippen molar-refractivity contribution in [3.63, 3.8) is 0 Å². The van der Waals surface area contributed by atoms with Gasteiger partial charge in [-0.15, -0.1) is 0 Å². The monoisotopic (exact) mass is 255 g/mol. The number of aryl methyl sites for hydroxylation is 1. The summed E-state index contributed by atoms with van der Waals surface area (Å²) in [6.45, 7) is 2.39. The Morgan fingerprint density at radius 3 is 2.71 bits per heavy atom. The van der Waals surface area contributed by atoms with Crippen LogP contribution in [0.3, 0.4) is 0 Å². The van der Waals surface area contributed by atoms with E-state index >= 15 is 0 Å². The molecule has 0 atom stereocenters. The van der Waals surface area contributed by atoms with Crippen LogP contribution in [-0.4, -0.2) is 22.1 Å². The largest absolute Gasteiger partial charge is 0.495 e. The van der Waals surface area contributed by atoms with Gasteiger partial charge in [-0.3, -0.25) is 0 Å². The normalized spacial score (nSPS) is 15.9. The predicted octanol–water partition coefficient (Wildman–Crippen LogP) is 1.69. The van der Waals surface area contributed by atoms with Crippen LogP contribution in [0.1, 0.15) is 18.4 Å². The van der Waals surface area contributed by atoms with Gasteiger partial charge in [-0.05, 0) is 43.4 Å². The number of nitrogens with one attached hydrogen (secondary N) is 1. The summed E-state index contributed by atoms with van der Waals surface area (Å²) in [5, 5.41) is 0. The molecule has 1 fully saturated rings. The molecule has 0 unspecified atom stereocenters. The lowest BCUT2D eigenvalue weighted by molar-refractivity contribution is 0.402. The standard InChI is InChI=1S/C12H17NO3S/c1-9-3-6-11(16-2)12(7-9)17(14,15)13-8-10-4-5-10/h3,6-7,10,13H,4-5,8H2,1-2H3. The molecule has 0 aromatic heterocycles. The summed E-state index contributed by atoms with van der Waals surface area (Å²) in [7, 11) is -1.98. The summed E-state index contributed by atoms with van der Waals surface area (Å²) >= 11 is 0. The topological polar surface area (TPSA) is 55.4 Å². The molecule has 17 heavy (non-hydrogen) atoms. The van der Waals surface area contributed by atoms with Gasteiger partial charge < -0.3 is 4.74 Å². The minimum absolute atomic E-state index is 0.223. The zero-order valence-electron chi connectivity index (χ0n) is 10.1. The first-order valence-electron chi connectivity index (χ1n) is 5.67. The Hall–Kier alpha value is -1.07. The fraction of sp³-hybridized carbons (Fsp3) is 0.500. The van der Waals surface area contributed by atoms with Crippen molar-refractivity contribution in [2.24, 2.45) is 5.92 Å². The van der Waals surface area contributed by atoms with Crippen molar-refractivity contribution >= 4 is 10.0 Å². The van der Waals surface area contributed by atoms with Crippen molar-refractivity contribution in [2.45, 2.75) is 24.7 Å². The number of methoxy groups -OCH3 is 1. The highest BCUT2D eigenvalue weighted by molar-refractivity contribution is 7.89. The van der Waals surface area contributed by atoms with Crippen molar-refractivity contribution in [2.75, 3.05) is 13.7 Å². The van der Waals surface area contributed by atoms with Gasteiger partial charge in [0.05, 0.1) is 7.11 Å². The first kappa shape index (κ1) is 12.4. The summed E-state index contributed by atoms with van der Waals surface area (Å²) < 4.78 is 31.9. The van der Waals surface area contributed by atoms with Crippen molar-refractivity contribution < 1.29 is 13.2 Å². The molecule has 0 aliphatic heterocycles. The number of sulfonamides is 1. The molecule has 5 heteroatoms. The quantitative estimate of drug-likeness (QED) is 0.871. The molecule has 94 valence electrons. The number of hydrogen-bond donors (Lipinski definition) is 1. The Kier molecular flexibility index (Phi) is 3.40. The van der Waals surface area contributed by atoms with E-state index in [0.717, 1.165) is 18.4 Å². The van der Waals surface area contributed by atoms with Crippen LogP contribution in [0.5, 0.6) is 5.75 Å². The van der Waals surface area contributed by atoms with Crippen LogP contribution >= 0.6 is 0 Å². The molecule has 0 bridgehead atoms. The van der Waals surface area contributed by atoms with Gasteiger partial charge in [0.1, 0.15) is 10.6 Å². The van der Waals surface area contributed by atoms with Crippen molar-refractivity contribution in [1.82, 2.24) is 4.72 Å². The fourth-order valence-corrected chi connectivity index (χ4v) is 2.99. The molecule has 0 spiro atoms. The van der Waals surface area contributed by atoms with E-state index in [0.29, 0.717) is 18.2 Å². The molecule has 2 rings (SSSR count). The lowest BCUT2D eigenvalue weighted by Crippen LogP contribution is -2.26. The summed E-state index contributed by atoms with van der Waals surface area (Å²) in [6, 6.07) is 5.15. The highest BCUT2D eigenvalue weighted by Gasteiger charge is 2.25. The maximum absolute atomic E-state index is 12.1. The lowest BCUT2D eigenvalue weighted by atomic mass is 10.2. The zero-order valence-corrected chi connectivity index (χ0v) is 10.9. The van der Waals surface area contributed by atoms with E-state index in [1.54, 1.807) is 12.1 Å². The summed E-state index contributed by atoms with van der Waals surface area (Å²) in [5.74, 6) is 0.902. The highest BCUT2D eigenvalue weighted by Crippen LogP contribution is 2.29. The molecule has 0 amide bonds. The molecule has 0 saturated heterocycles. The number of benzene rings is 1. The van der Waals surface area contributed by atoms with Gasteiger partial charge in [-0.25, -0.2) is 13.1 Å². The van der Waals surface area contributed by atoms with Gasteiger partial charge in [0.2, 0.25) is 10.0 Å². The van der Waals surface area contributed by atoms with E-state index in [4.69, 9.17) is 4.74 Å². The van der Waals surface area contributed by atoms with Crippen molar-refractivity contribution in [1.29, 1.82) is 0 Å². The summed E-state index contributed by atoms with van der Waals surface area (Å²) in [4.78, 5) is 0.223. The van der Waals surface area contributed by atoms with E-state index in [2.05, 4.69) is 4.72 Å². The second-order valence-electron chi connectivity index (χ2n) is 4.45. The van der Waals surface area contributed by atoms with Gasteiger partial charge in [0.25, 0.3) is 0 Å². The smallest absolute Gasteiger partial charge is 0.244 e.